The first-order valence-corrected chi connectivity index (χ1v) is 9.40. The van der Waals surface area contributed by atoms with Gasteiger partial charge in [-0.15, -0.1) is 24.0 Å². The van der Waals surface area contributed by atoms with Gasteiger partial charge in [0.05, 0.1) is 0 Å². The standard InChI is InChI=1S/C20H26ClN5.HI/c1-15-13-23-9-6-16(15)7-10-24-20(22-2)25-18-8-11-26(14-18)19-5-3-4-17(21)12-19;/h3-6,9,12-13,18H,7-8,10-11,14H2,1-2H3,(H2,22,24,25);1H. The smallest absolute Gasteiger partial charge is 0.191 e. The lowest BCUT2D eigenvalue weighted by atomic mass is 10.1. The van der Waals surface area contributed by atoms with E-state index in [9.17, 15) is 0 Å². The van der Waals surface area contributed by atoms with Gasteiger partial charge in [0.2, 0.25) is 0 Å². The quantitative estimate of drug-likeness (QED) is 0.375. The number of hydrogen-bond acceptors (Lipinski definition) is 3. The van der Waals surface area contributed by atoms with Crippen LogP contribution in [0.4, 0.5) is 5.69 Å². The number of hydrogen-bond donors (Lipinski definition) is 2. The second-order valence-electron chi connectivity index (χ2n) is 6.61. The van der Waals surface area contributed by atoms with Crippen LogP contribution in [0.2, 0.25) is 5.02 Å². The Bertz CT molecular complexity index is 768. The van der Waals surface area contributed by atoms with Crippen LogP contribution in [0.1, 0.15) is 17.5 Å². The summed E-state index contributed by atoms with van der Waals surface area (Å²) >= 11 is 6.11. The lowest BCUT2D eigenvalue weighted by Crippen LogP contribution is -2.45. The summed E-state index contributed by atoms with van der Waals surface area (Å²) in [6, 6.07) is 10.5. The molecule has 3 rings (SSSR count). The zero-order chi connectivity index (χ0) is 18.4. The molecule has 0 saturated carbocycles. The maximum atomic E-state index is 6.11. The number of aliphatic imine (C=N–C) groups is 1. The van der Waals surface area contributed by atoms with Crippen LogP contribution < -0.4 is 15.5 Å². The van der Waals surface area contributed by atoms with E-state index < -0.39 is 0 Å². The number of halogens is 2. The molecule has 1 aromatic heterocycles. The van der Waals surface area contributed by atoms with Gasteiger partial charge in [-0.2, -0.15) is 0 Å². The number of aromatic nitrogens is 1. The summed E-state index contributed by atoms with van der Waals surface area (Å²) in [5.74, 6) is 0.856. The average Bonchev–Trinajstić information content (AvgIpc) is 3.11. The van der Waals surface area contributed by atoms with Gasteiger partial charge < -0.3 is 15.5 Å². The Hall–Kier alpha value is -1.54. The second-order valence-corrected chi connectivity index (χ2v) is 7.04. The van der Waals surface area contributed by atoms with Crippen LogP contribution in [0, 0.1) is 6.92 Å². The lowest BCUT2D eigenvalue weighted by molar-refractivity contribution is 0.648. The predicted octanol–water partition coefficient (Wildman–Crippen LogP) is 3.65. The SMILES string of the molecule is CN=C(NCCc1ccncc1C)NC1CCN(c2cccc(Cl)c2)C1.I. The Labute approximate surface area is 183 Å². The van der Waals surface area contributed by atoms with Crippen LogP contribution in [0.15, 0.2) is 47.7 Å². The molecule has 1 unspecified atom stereocenters. The molecule has 5 nitrogen and oxygen atoms in total. The van der Waals surface area contributed by atoms with E-state index in [4.69, 9.17) is 11.6 Å². The van der Waals surface area contributed by atoms with Crippen molar-refractivity contribution in [1.82, 2.24) is 15.6 Å². The first kappa shape index (κ1) is 21.8. The van der Waals surface area contributed by atoms with E-state index in [0.717, 1.165) is 43.5 Å². The molecule has 0 aliphatic carbocycles. The molecule has 146 valence electrons. The molecule has 7 heteroatoms. The molecule has 0 amide bonds. The molecule has 2 heterocycles. The number of pyridine rings is 1. The summed E-state index contributed by atoms with van der Waals surface area (Å²) in [4.78, 5) is 10.9. The van der Waals surface area contributed by atoms with Crippen molar-refractivity contribution in [2.24, 2.45) is 4.99 Å². The van der Waals surface area contributed by atoms with Crippen LogP contribution in [-0.2, 0) is 6.42 Å². The van der Waals surface area contributed by atoms with Crippen molar-refractivity contribution in [2.75, 3.05) is 31.6 Å². The van der Waals surface area contributed by atoms with Crippen molar-refractivity contribution >= 4 is 47.2 Å². The third kappa shape index (κ3) is 6.24. The molecule has 1 saturated heterocycles. The van der Waals surface area contributed by atoms with Crippen LogP contribution in [0.25, 0.3) is 0 Å². The molecule has 1 atom stereocenters. The van der Waals surface area contributed by atoms with Crippen molar-refractivity contribution in [1.29, 1.82) is 0 Å². The number of benzene rings is 1. The van der Waals surface area contributed by atoms with Gasteiger partial charge in [0.15, 0.2) is 5.96 Å². The van der Waals surface area contributed by atoms with Crippen molar-refractivity contribution in [2.45, 2.75) is 25.8 Å². The van der Waals surface area contributed by atoms with Gasteiger partial charge in [-0.3, -0.25) is 9.98 Å². The maximum absolute atomic E-state index is 6.11. The van der Waals surface area contributed by atoms with Crippen LogP contribution >= 0.6 is 35.6 Å². The van der Waals surface area contributed by atoms with E-state index in [1.807, 2.05) is 37.6 Å². The van der Waals surface area contributed by atoms with E-state index >= 15 is 0 Å². The molecular formula is C20H27ClIN5. The third-order valence-corrected chi connectivity index (χ3v) is 4.98. The summed E-state index contributed by atoms with van der Waals surface area (Å²) in [6.45, 7) is 4.91. The minimum absolute atomic E-state index is 0. The van der Waals surface area contributed by atoms with Gasteiger partial charge in [0.25, 0.3) is 0 Å². The molecule has 1 aromatic carbocycles. The zero-order valence-electron chi connectivity index (χ0n) is 15.8. The summed E-state index contributed by atoms with van der Waals surface area (Å²) in [5, 5.41) is 7.73. The summed E-state index contributed by atoms with van der Waals surface area (Å²) in [6.07, 6.45) is 5.79. The fraction of sp³-hybridized carbons (Fsp3) is 0.400. The summed E-state index contributed by atoms with van der Waals surface area (Å²) < 4.78 is 0. The molecule has 1 aliphatic heterocycles. The summed E-state index contributed by atoms with van der Waals surface area (Å²) in [5.41, 5.74) is 3.72. The largest absolute Gasteiger partial charge is 0.369 e. The molecular weight excluding hydrogens is 473 g/mol. The number of guanidine groups is 1. The van der Waals surface area contributed by atoms with Crippen molar-refractivity contribution in [3.63, 3.8) is 0 Å². The highest BCUT2D eigenvalue weighted by molar-refractivity contribution is 14.0. The highest BCUT2D eigenvalue weighted by Crippen LogP contribution is 2.23. The van der Waals surface area contributed by atoms with Gasteiger partial charge in [0.1, 0.15) is 0 Å². The topological polar surface area (TPSA) is 52.6 Å². The fourth-order valence-electron chi connectivity index (χ4n) is 3.27. The van der Waals surface area contributed by atoms with Crippen molar-refractivity contribution < 1.29 is 0 Å². The Morgan fingerprint density at radius 2 is 2.22 bits per heavy atom. The Balaban J connectivity index is 0.00000261. The molecule has 0 spiro atoms. The van der Waals surface area contributed by atoms with Crippen LogP contribution in [0.5, 0.6) is 0 Å². The Morgan fingerprint density at radius 1 is 1.37 bits per heavy atom. The van der Waals surface area contributed by atoms with Crippen molar-refractivity contribution in [3.05, 3.63) is 58.9 Å². The van der Waals surface area contributed by atoms with Gasteiger partial charge in [-0.1, -0.05) is 17.7 Å². The molecule has 1 fully saturated rings. The number of nitrogens with zero attached hydrogens (tertiary/aromatic N) is 3. The summed E-state index contributed by atoms with van der Waals surface area (Å²) in [7, 11) is 1.82. The van der Waals surface area contributed by atoms with Crippen molar-refractivity contribution in [3.8, 4) is 0 Å². The minimum Gasteiger partial charge on any atom is -0.369 e. The van der Waals surface area contributed by atoms with Gasteiger partial charge in [-0.05, 0) is 55.2 Å². The second kappa shape index (κ2) is 10.7. The third-order valence-electron chi connectivity index (χ3n) is 4.75. The highest BCUT2D eigenvalue weighted by Gasteiger charge is 2.23. The van der Waals surface area contributed by atoms with Gasteiger partial charge >= 0.3 is 0 Å². The van der Waals surface area contributed by atoms with E-state index in [1.54, 1.807) is 0 Å². The monoisotopic (exact) mass is 499 g/mol. The molecule has 27 heavy (non-hydrogen) atoms. The number of nitrogens with one attached hydrogen (secondary N) is 2. The molecule has 2 N–H and O–H groups in total. The predicted molar refractivity (Wildman–Crippen MR) is 125 cm³/mol. The maximum Gasteiger partial charge on any atom is 0.191 e. The van der Waals surface area contributed by atoms with E-state index in [2.05, 4.69) is 44.6 Å². The highest BCUT2D eigenvalue weighted by atomic mass is 127. The first-order valence-electron chi connectivity index (χ1n) is 9.03. The van der Waals surface area contributed by atoms with Crippen LogP contribution in [0.3, 0.4) is 0 Å². The zero-order valence-corrected chi connectivity index (χ0v) is 18.9. The van der Waals surface area contributed by atoms with Gasteiger partial charge in [0, 0.05) is 55.8 Å². The van der Waals surface area contributed by atoms with E-state index in [-0.39, 0.29) is 24.0 Å². The number of aryl methyl sites for hydroxylation is 1. The minimum atomic E-state index is 0. The lowest BCUT2D eigenvalue weighted by Gasteiger charge is -2.20. The van der Waals surface area contributed by atoms with E-state index in [0.29, 0.717) is 6.04 Å². The fourth-order valence-corrected chi connectivity index (χ4v) is 3.46. The van der Waals surface area contributed by atoms with Gasteiger partial charge in [-0.25, -0.2) is 0 Å². The number of anilines is 1. The molecule has 2 aromatic rings. The average molecular weight is 500 g/mol. The Kier molecular flexibility index (Phi) is 8.63. The molecule has 0 radical (unpaired) electrons. The van der Waals surface area contributed by atoms with Crippen LogP contribution in [-0.4, -0.2) is 43.7 Å². The van der Waals surface area contributed by atoms with E-state index in [1.165, 1.54) is 16.8 Å². The number of rotatable bonds is 5. The Morgan fingerprint density at radius 3 is 2.96 bits per heavy atom. The first-order chi connectivity index (χ1) is 12.7. The normalized spacial score (nSPS) is 16.8. The molecule has 1 aliphatic rings. The molecule has 0 bridgehead atoms.